The van der Waals surface area contributed by atoms with Gasteiger partial charge >= 0.3 is 0 Å². The number of hydrogen-bond donors (Lipinski definition) is 0. The minimum Gasteiger partial charge on any atom is -0.369 e. The van der Waals surface area contributed by atoms with Crippen LogP contribution in [-0.4, -0.2) is 7.05 Å². The van der Waals surface area contributed by atoms with Crippen LogP contribution in [0.1, 0.15) is 11.1 Å². The smallest absolute Gasteiger partial charge is 0.124 e. The summed E-state index contributed by atoms with van der Waals surface area (Å²) in [5.41, 5.74) is 1.84. The van der Waals surface area contributed by atoms with Crippen LogP contribution in [0.2, 0.25) is 0 Å². The highest BCUT2D eigenvalue weighted by molar-refractivity contribution is 5.59. The first-order valence-electron chi connectivity index (χ1n) is 5.75. The Labute approximate surface area is 110 Å². The van der Waals surface area contributed by atoms with Crippen LogP contribution in [0.25, 0.3) is 0 Å². The molecule has 0 spiro atoms. The van der Waals surface area contributed by atoms with Crippen molar-refractivity contribution in [1.82, 2.24) is 0 Å². The van der Waals surface area contributed by atoms with Gasteiger partial charge in [-0.05, 0) is 35.9 Å². The quantitative estimate of drug-likeness (QED) is 0.842. The molecule has 0 heterocycles. The van der Waals surface area contributed by atoms with Crippen molar-refractivity contribution in [3.63, 3.8) is 0 Å². The summed E-state index contributed by atoms with van der Waals surface area (Å²) in [5, 5.41) is 9.00. The summed E-state index contributed by atoms with van der Waals surface area (Å²) in [5.74, 6) is -0.721. The van der Waals surface area contributed by atoms with Crippen molar-refractivity contribution in [1.29, 1.82) is 5.26 Å². The highest BCUT2D eigenvalue weighted by Crippen LogP contribution is 2.21. The Kier molecular flexibility index (Phi) is 3.76. The van der Waals surface area contributed by atoms with Crippen molar-refractivity contribution < 1.29 is 8.78 Å². The van der Waals surface area contributed by atoms with Gasteiger partial charge in [0, 0.05) is 13.6 Å². The summed E-state index contributed by atoms with van der Waals surface area (Å²) >= 11 is 0. The third-order valence-electron chi connectivity index (χ3n) is 2.82. The van der Waals surface area contributed by atoms with E-state index in [-0.39, 0.29) is 11.4 Å². The highest BCUT2D eigenvalue weighted by Gasteiger charge is 2.09. The monoisotopic (exact) mass is 258 g/mol. The van der Waals surface area contributed by atoms with Gasteiger partial charge in [-0.1, -0.05) is 12.1 Å². The fourth-order valence-electron chi connectivity index (χ4n) is 1.88. The zero-order valence-electron chi connectivity index (χ0n) is 10.4. The lowest BCUT2D eigenvalue weighted by atomic mass is 10.1. The Bertz CT molecular complexity index is 615. The minimum atomic E-state index is -0.435. The molecule has 2 nitrogen and oxygen atoms in total. The molecule has 2 aromatic rings. The standard InChI is InChI=1S/C15H12F2N2/c1-19(10-11-2-4-13(16)5-3-11)15-7-6-14(17)8-12(15)9-18/h2-8H,10H2,1H3. The number of rotatable bonds is 3. The van der Waals surface area contributed by atoms with Crippen molar-refractivity contribution in [3.05, 3.63) is 65.2 Å². The van der Waals surface area contributed by atoms with Crippen LogP contribution >= 0.6 is 0 Å². The highest BCUT2D eigenvalue weighted by atomic mass is 19.1. The zero-order chi connectivity index (χ0) is 13.8. The number of nitriles is 1. The van der Waals surface area contributed by atoms with Crippen LogP contribution in [0, 0.1) is 23.0 Å². The molecule has 0 saturated carbocycles. The van der Waals surface area contributed by atoms with Crippen LogP contribution in [0.5, 0.6) is 0 Å². The van der Waals surface area contributed by atoms with E-state index in [9.17, 15) is 8.78 Å². The van der Waals surface area contributed by atoms with Gasteiger partial charge in [-0.3, -0.25) is 0 Å². The predicted octanol–water partition coefficient (Wildman–Crippen LogP) is 3.47. The molecule has 0 saturated heterocycles. The van der Waals surface area contributed by atoms with E-state index in [0.29, 0.717) is 12.2 Å². The molecule has 4 heteroatoms. The van der Waals surface area contributed by atoms with Crippen molar-refractivity contribution in [2.24, 2.45) is 0 Å². The molecule has 0 unspecified atom stereocenters. The first-order valence-corrected chi connectivity index (χ1v) is 5.75. The molecule has 0 aliphatic heterocycles. The lowest BCUT2D eigenvalue weighted by molar-refractivity contribution is 0.626. The van der Waals surface area contributed by atoms with E-state index in [1.807, 2.05) is 11.0 Å². The van der Waals surface area contributed by atoms with Crippen LogP contribution < -0.4 is 4.90 Å². The fraction of sp³-hybridized carbons (Fsp3) is 0.133. The van der Waals surface area contributed by atoms with Crippen LogP contribution in [0.4, 0.5) is 14.5 Å². The van der Waals surface area contributed by atoms with Gasteiger partial charge in [0.15, 0.2) is 0 Å². The number of anilines is 1. The molecule has 0 bridgehead atoms. The maximum atomic E-state index is 13.1. The van der Waals surface area contributed by atoms with E-state index >= 15 is 0 Å². The molecule has 0 atom stereocenters. The van der Waals surface area contributed by atoms with Gasteiger partial charge in [-0.15, -0.1) is 0 Å². The van der Waals surface area contributed by atoms with Crippen molar-refractivity contribution in [2.45, 2.75) is 6.54 Å². The first kappa shape index (κ1) is 13.0. The third-order valence-corrected chi connectivity index (χ3v) is 2.82. The Morgan fingerprint density at radius 1 is 1.05 bits per heavy atom. The summed E-state index contributed by atoms with van der Waals surface area (Å²) < 4.78 is 25.9. The topological polar surface area (TPSA) is 27.0 Å². The summed E-state index contributed by atoms with van der Waals surface area (Å²) in [6.45, 7) is 0.514. The maximum Gasteiger partial charge on any atom is 0.124 e. The van der Waals surface area contributed by atoms with Gasteiger partial charge in [-0.2, -0.15) is 5.26 Å². The summed E-state index contributed by atoms with van der Waals surface area (Å²) in [7, 11) is 1.80. The van der Waals surface area contributed by atoms with E-state index in [1.54, 1.807) is 25.2 Å². The summed E-state index contributed by atoms with van der Waals surface area (Å²) in [6, 6.07) is 12.2. The van der Waals surface area contributed by atoms with E-state index < -0.39 is 5.82 Å². The van der Waals surface area contributed by atoms with Gasteiger partial charge in [0.25, 0.3) is 0 Å². The van der Waals surface area contributed by atoms with Crippen LogP contribution in [0.3, 0.4) is 0 Å². The summed E-state index contributed by atoms with van der Waals surface area (Å²) in [4.78, 5) is 1.82. The molecule has 0 radical (unpaired) electrons. The molecular formula is C15H12F2N2. The maximum absolute atomic E-state index is 13.1. The van der Waals surface area contributed by atoms with Gasteiger partial charge < -0.3 is 4.90 Å². The van der Waals surface area contributed by atoms with E-state index in [4.69, 9.17) is 5.26 Å². The van der Waals surface area contributed by atoms with Crippen molar-refractivity contribution in [3.8, 4) is 6.07 Å². The normalized spacial score (nSPS) is 10.0. The Hall–Kier alpha value is -2.41. The predicted molar refractivity (Wildman–Crippen MR) is 69.6 cm³/mol. The average molecular weight is 258 g/mol. The third kappa shape index (κ3) is 3.08. The first-order chi connectivity index (χ1) is 9.10. The van der Waals surface area contributed by atoms with Crippen molar-refractivity contribution in [2.75, 3.05) is 11.9 Å². The Morgan fingerprint density at radius 3 is 2.32 bits per heavy atom. The van der Waals surface area contributed by atoms with E-state index in [2.05, 4.69) is 0 Å². The lowest BCUT2D eigenvalue weighted by Crippen LogP contribution is -2.17. The number of hydrogen-bond acceptors (Lipinski definition) is 2. The molecule has 2 rings (SSSR count). The molecule has 19 heavy (non-hydrogen) atoms. The molecule has 0 aliphatic rings. The van der Waals surface area contributed by atoms with E-state index in [1.165, 1.54) is 24.3 Å². The molecule has 2 aromatic carbocycles. The number of benzene rings is 2. The molecule has 0 amide bonds. The molecule has 0 fully saturated rings. The molecule has 0 aromatic heterocycles. The largest absolute Gasteiger partial charge is 0.369 e. The second-order valence-electron chi connectivity index (χ2n) is 4.26. The SMILES string of the molecule is CN(Cc1ccc(F)cc1)c1ccc(F)cc1C#N. The summed E-state index contributed by atoms with van der Waals surface area (Å²) in [6.07, 6.45) is 0. The van der Waals surface area contributed by atoms with Crippen LogP contribution in [-0.2, 0) is 6.54 Å². The molecule has 0 N–H and O–H groups in total. The second-order valence-corrected chi connectivity index (χ2v) is 4.26. The lowest BCUT2D eigenvalue weighted by Gasteiger charge is -2.20. The second kappa shape index (κ2) is 5.49. The molecule has 0 aliphatic carbocycles. The zero-order valence-corrected chi connectivity index (χ0v) is 10.4. The van der Waals surface area contributed by atoms with Crippen LogP contribution in [0.15, 0.2) is 42.5 Å². The average Bonchev–Trinajstić information content (AvgIpc) is 2.41. The van der Waals surface area contributed by atoms with Gasteiger partial charge in [0.1, 0.15) is 17.7 Å². The van der Waals surface area contributed by atoms with Gasteiger partial charge in [-0.25, -0.2) is 8.78 Å². The van der Waals surface area contributed by atoms with Crippen molar-refractivity contribution >= 4 is 5.69 Å². The molecule has 96 valence electrons. The fourth-order valence-corrected chi connectivity index (χ4v) is 1.88. The van der Waals surface area contributed by atoms with E-state index in [0.717, 1.165) is 5.56 Å². The molecular weight excluding hydrogens is 246 g/mol. The van der Waals surface area contributed by atoms with Gasteiger partial charge in [0.05, 0.1) is 11.3 Å². The Balaban J connectivity index is 2.23. The number of halogens is 2. The minimum absolute atomic E-state index is 0.282. The van der Waals surface area contributed by atoms with Gasteiger partial charge in [0.2, 0.25) is 0 Å². The Morgan fingerprint density at radius 2 is 1.68 bits per heavy atom. The number of nitrogens with zero attached hydrogens (tertiary/aromatic N) is 2.